The molecular weight excluding hydrogens is 398 g/mol. The van der Waals surface area contributed by atoms with Crippen molar-refractivity contribution in [2.45, 2.75) is 57.7 Å². The monoisotopic (exact) mass is 427 g/mol. The van der Waals surface area contributed by atoms with E-state index in [1.807, 2.05) is 0 Å². The SMILES string of the molecule is CC1(C)Oc2cnc(NC3CCN(S(C)(=O)=O)CC3)nc2N(C(C)(C)CO)C1=O. The van der Waals surface area contributed by atoms with Crippen LogP contribution in [-0.2, 0) is 14.8 Å². The lowest BCUT2D eigenvalue weighted by Gasteiger charge is -2.44. The van der Waals surface area contributed by atoms with Crippen LogP contribution in [0.2, 0.25) is 0 Å². The molecule has 1 saturated heterocycles. The van der Waals surface area contributed by atoms with Gasteiger partial charge in [-0.15, -0.1) is 0 Å². The summed E-state index contributed by atoms with van der Waals surface area (Å²) >= 11 is 0. The number of hydrogen-bond donors (Lipinski definition) is 2. The first-order chi connectivity index (χ1) is 13.3. The van der Waals surface area contributed by atoms with E-state index in [1.165, 1.54) is 21.7 Å². The number of nitrogens with zero attached hydrogens (tertiary/aromatic N) is 4. The summed E-state index contributed by atoms with van der Waals surface area (Å²) < 4.78 is 30.6. The standard InChI is InChI=1S/C18H29N5O5S/c1-17(2,11-24)23-14-13(28-18(3,4)15(23)25)10-19-16(21-14)20-12-6-8-22(9-7-12)29(5,26)27/h10,12,24H,6-9,11H2,1-5H3,(H,19,20,21). The van der Waals surface area contributed by atoms with Crippen molar-refractivity contribution in [2.24, 2.45) is 0 Å². The molecule has 0 atom stereocenters. The Labute approximate surface area is 171 Å². The summed E-state index contributed by atoms with van der Waals surface area (Å²) in [6.07, 6.45) is 3.98. The number of carbonyl (C=O) groups excluding carboxylic acids is 1. The van der Waals surface area contributed by atoms with E-state index in [0.717, 1.165) is 0 Å². The molecule has 3 heterocycles. The maximum atomic E-state index is 13.0. The van der Waals surface area contributed by atoms with Crippen LogP contribution in [0.1, 0.15) is 40.5 Å². The molecule has 1 fully saturated rings. The quantitative estimate of drug-likeness (QED) is 0.699. The molecule has 1 amide bonds. The molecule has 2 N–H and O–H groups in total. The Balaban J connectivity index is 1.84. The van der Waals surface area contributed by atoms with Crippen molar-refractivity contribution in [1.29, 1.82) is 0 Å². The molecule has 2 aliphatic rings. The molecule has 0 unspecified atom stereocenters. The fourth-order valence-electron chi connectivity index (χ4n) is 3.49. The molecule has 0 spiro atoms. The maximum Gasteiger partial charge on any atom is 0.272 e. The predicted octanol–water partition coefficient (Wildman–Crippen LogP) is 0.587. The summed E-state index contributed by atoms with van der Waals surface area (Å²) in [5.41, 5.74) is -1.98. The third-order valence-corrected chi connectivity index (χ3v) is 6.58. The van der Waals surface area contributed by atoms with Gasteiger partial charge in [-0.1, -0.05) is 0 Å². The largest absolute Gasteiger partial charge is 0.472 e. The molecule has 0 bridgehead atoms. The maximum absolute atomic E-state index is 13.0. The third-order valence-electron chi connectivity index (χ3n) is 5.28. The average molecular weight is 428 g/mol. The van der Waals surface area contributed by atoms with Gasteiger partial charge in [0.15, 0.2) is 17.2 Å². The van der Waals surface area contributed by atoms with Gasteiger partial charge in [-0.2, -0.15) is 4.98 Å². The lowest BCUT2D eigenvalue weighted by molar-refractivity contribution is -0.134. The topological polar surface area (TPSA) is 125 Å². The highest BCUT2D eigenvalue weighted by Gasteiger charge is 2.47. The van der Waals surface area contributed by atoms with Crippen molar-refractivity contribution in [3.05, 3.63) is 6.20 Å². The number of aromatic nitrogens is 2. The summed E-state index contributed by atoms with van der Waals surface area (Å²) in [7, 11) is -3.19. The van der Waals surface area contributed by atoms with E-state index in [1.54, 1.807) is 27.7 Å². The summed E-state index contributed by atoms with van der Waals surface area (Å²) in [4.78, 5) is 23.3. The zero-order valence-electron chi connectivity index (χ0n) is 17.5. The van der Waals surface area contributed by atoms with E-state index in [4.69, 9.17) is 4.74 Å². The first-order valence-electron chi connectivity index (χ1n) is 9.58. The van der Waals surface area contributed by atoms with Gasteiger partial charge in [-0.25, -0.2) is 17.7 Å². The van der Waals surface area contributed by atoms with Gasteiger partial charge in [0.2, 0.25) is 16.0 Å². The number of ether oxygens (including phenoxy) is 1. The minimum atomic E-state index is -3.19. The van der Waals surface area contributed by atoms with Gasteiger partial charge >= 0.3 is 0 Å². The molecule has 0 aliphatic carbocycles. The number of carbonyl (C=O) groups is 1. The number of aliphatic hydroxyl groups excluding tert-OH is 1. The van der Waals surface area contributed by atoms with Gasteiger partial charge in [0.05, 0.1) is 24.6 Å². The second-order valence-electron chi connectivity index (χ2n) is 8.69. The normalized spacial score (nSPS) is 20.9. The molecule has 162 valence electrons. The Bertz CT molecular complexity index is 894. The number of fused-ring (bicyclic) bond motifs is 1. The first-order valence-corrected chi connectivity index (χ1v) is 11.4. The summed E-state index contributed by atoms with van der Waals surface area (Å²) in [6, 6.07) is 0.0157. The molecule has 11 heteroatoms. The Morgan fingerprint density at radius 2 is 1.97 bits per heavy atom. The Hall–Kier alpha value is -1.98. The van der Waals surface area contributed by atoms with Gasteiger partial charge in [0, 0.05) is 19.1 Å². The highest BCUT2D eigenvalue weighted by atomic mass is 32.2. The zero-order valence-corrected chi connectivity index (χ0v) is 18.3. The summed E-state index contributed by atoms with van der Waals surface area (Å²) in [5, 5.41) is 13.1. The number of piperidine rings is 1. The van der Waals surface area contributed by atoms with Gasteiger partial charge < -0.3 is 15.2 Å². The van der Waals surface area contributed by atoms with Crippen molar-refractivity contribution in [3.8, 4) is 5.75 Å². The number of amides is 1. The molecule has 3 rings (SSSR count). The van der Waals surface area contributed by atoms with Crippen LogP contribution >= 0.6 is 0 Å². The molecule has 10 nitrogen and oxygen atoms in total. The molecule has 0 radical (unpaired) electrons. The van der Waals surface area contributed by atoms with Gasteiger partial charge in [0.25, 0.3) is 5.91 Å². The van der Waals surface area contributed by atoms with Crippen LogP contribution in [0.5, 0.6) is 5.75 Å². The van der Waals surface area contributed by atoms with E-state index in [9.17, 15) is 18.3 Å². The van der Waals surface area contributed by atoms with Crippen molar-refractivity contribution in [1.82, 2.24) is 14.3 Å². The number of nitrogens with one attached hydrogen (secondary N) is 1. The van der Waals surface area contributed by atoms with Gasteiger partial charge in [-0.3, -0.25) is 9.69 Å². The molecule has 2 aliphatic heterocycles. The lowest BCUT2D eigenvalue weighted by Crippen LogP contribution is -2.61. The highest BCUT2D eigenvalue weighted by molar-refractivity contribution is 7.88. The number of hydrogen-bond acceptors (Lipinski definition) is 8. The number of anilines is 2. The fraction of sp³-hybridized carbons (Fsp3) is 0.722. The van der Waals surface area contributed by atoms with Gasteiger partial charge in [0.1, 0.15) is 0 Å². The van der Waals surface area contributed by atoms with Crippen molar-refractivity contribution in [3.63, 3.8) is 0 Å². The average Bonchev–Trinajstić information content (AvgIpc) is 2.62. The van der Waals surface area contributed by atoms with E-state index in [-0.39, 0.29) is 18.6 Å². The minimum Gasteiger partial charge on any atom is -0.472 e. The molecular formula is C18H29N5O5S. The van der Waals surface area contributed by atoms with E-state index in [2.05, 4.69) is 15.3 Å². The minimum absolute atomic E-state index is 0.0157. The van der Waals surface area contributed by atoms with Crippen LogP contribution in [0.15, 0.2) is 6.20 Å². The van der Waals surface area contributed by atoms with Crippen LogP contribution in [0.3, 0.4) is 0 Å². The van der Waals surface area contributed by atoms with Gasteiger partial charge in [-0.05, 0) is 40.5 Å². The molecule has 1 aromatic rings. The lowest BCUT2D eigenvalue weighted by atomic mass is 9.97. The number of sulfonamides is 1. The second-order valence-corrected chi connectivity index (χ2v) is 10.7. The van der Waals surface area contributed by atoms with Crippen molar-refractivity contribution >= 4 is 27.7 Å². The second kappa shape index (κ2) is 7.37. The Morgan fingerprint density at radius 3 is 2.52 bits per heavy atom. The van der Waals surface area contributed by atoms with Crippen LogP contribution in [0.25, 0.3) is 0 Å². The van der Waals surface area contributed by atoms with E-state index in [0.29, 0.717) is 43.4 Å². The Kier molecular flexibility index (Phi) is 5.52. The third kappa shape index (κ3) is 4.31. The Morgan fingerprint density at radius 1 is 1.34 bits per heavy atom. The fourth-order valence-corrected chi connectivity index (χ4v) is 4.37. The van der Waals surface area contributed by atoms with Crippen LogP contribution < -0.4 is 15.0 Å². The van der Waals surface area contributed by atoms with Crippen molar-refractivity contribution < 1.29 is 23.1 Å². The van der Waals surface area contributed by atoms with Crippen LogP contribution in [-0.4, -0.2) is 76.8 Å². The van der Waals surface area contributed by atoms with E-state index >= 15 is 0 Å². The highest BCUT2D eigenvalue weighted by Crippen LogP contribution is 2.40. The smallest absolute Gasteiger partial charge is 0.272 e. The summed E-state index contributed by atoms with van der Waals surface area (Å²) in [6.45, 7) is 7.46. The van der Waals surface area contributed by atoms with Crippen LogP contribution in [0.4, 0.5) is 11.8 Å². The van der Waals surface area contributed by atoms with Crippen molar-refractivity contribution in [2.75, 3.05) is 36.2 Å². The summed E-state index contributed by atoms with van der Waals surface area (Å²) in [5.74, 6) is 0.708. The molecule has 1 aromatic heterocycles. The molecule has 0 saturated carbocycles. The predicted molar refractivity (Wildman–Crippen MR) is 108 cm³/mol. The molecule has 29 heavy (non-hydrogen) atoms. The van der Waals surface area contributed by atoms with Crippen LogP contribution in [0, 0.1) is 0 Å². The number of rotatable bonds is 5. The molecule has 0 aromatic carbocycles. The number of aliphatic hydroxyl groups is 1. The zero-order chi connectivity index (χ0) is 21.6. The first kappa shape index (κ1) is 21.7. The van der Waals surface area contributed by atoms with E-state index < -0.39 is 21.2 Å².